The van der Waals surface area contributed by atoms with Crippen molar-refractivity contribution in [2.45, 2.75) is 13.0 Å². The van der Waals surface area contributed by atoms with Crippen LogP contribution in [0.1, 0.15) is 22.9 Å². The zero-order valence-corrected chi connectivity index (χ0v) is 23.5. The average Bonchev–Trinajstić information content (AvgIpc) is 3.33. The van der Waals surface area contributed by atoms with Gasteiger partial charge in [-0.15, -0.1) is 0 Å². The van der Waals surface area contributed by atoms with Gasteiger partial charge >= 0.3 is 0 Å². The van der Waals surface area contributed by atoms with E-state index in [1.54, 1.807) is 7.11 Å². The molecule has 0 fully saturated rings. The first kappa shape index (κ1) is 24.4. The fourth-order valence-corrected chi connectivity index (χ4v) is 5.58. The summed E-state index contributed by atoms with van der Waals surface area (Å²) in [7, 11) is 1.66. The number of hydrogen-bond acceptors (Lipinski definition) is 6. The first-order valence-electron chi connectivity index (χ1n) is 13.0. The second-order valence-corrected chi connectivity index (χ2v) is 10.5. The maximum Gasteiger partial charge on any atom is 0.179 e. The number of para-hydroxylation sites is 3. The summed E-state index contributed by atoms with van der Waals surface area (Å²) >= 11 is 3.61. The molecule has 3 heterocycles. The Bertz CT molecular complexity index is 1780. The average molecular weight is 589 g/mol. The largest absolute Gasteiger partial charge is 0.497 e. The number of fused-ring (bicyclic) bond motifs is 4. The quantitative estimate of drug-likeness (QED) is 0.233. The summed E-state index contributed by atoms with van der Waals surface area (Å²) in [5, 5.41) is 8.53. The van der Waals surface area contributed by atoms with Crippen LogP contribution in [-0.2, 0) is 0 Å². The maximum atomic E-state index is 5.36. The van der Waals surface area contributed by atoms with E-state index in [1.807, 2.05) is 65.3 Å². The molecular weight excluding hydrogens is 564 g/mol. The van der Waals surface area contributed by atoms with Gasteiger partial charge in [0, 0.05) is 15.7 Å². The SMILES string of the molecule is COc1ccc(NC2=Nc3ccccc3N3C2=Nc2c(c(C)nn2-c2ccccc2)[C@@H]3c2ccc(Br)cc2)cc1. The normalized spacial score (nSPS) is 15.4. The van der Waals surface area contributed by atoms with Gasteiger partial charge in [-0.3, -0.25) is 0 Å². The van der Waals surface area contributed by atoms with E-state index in [2.05, 4.69) is 75.5 Å². The van der Waals surface area contributed by atoms with Crippen molar-refractivity contribution in [2.24, 2.45) is 9.98 Å². The second kappa shape index (κ2) is 9.81. The summed E-state index contributed by atoms with van der Waals surface area (Å²) < 4.78 is 8.32. The van der Waals surface area contributed by atoms with Crippen LogP contribution in [0.25, 0.3) is 5.69 Å². The van der Waals surface area contributed by atoms with Crippen LogP contribution in [0.15, 0.2) is 118 Å². The highest BCUT2D eigenvalue weighted by Gasteiger charge is 2.41. The van der Waals surface area contributed by atoms with Gasteiger partial charge in [-0.1, -0.05) is 58.4 Å². The number of nitrogens with one attached hydrogen (secondary N) is 1. The number of methoxy groups -OCH3 is 1. The third-order valence-corrected chi connectivity index (χ3v) is 7.71. The van der Waals surface area contributed by atoms with Crippen LogP contribution < -0.4 is 15.0 Å². The Morgan fingerprint density at radius 2 is 1.55 bits per heavy atom. The standard InChI is InChI=1S/C32H25BrN6O/c1-20-28-29(21-12-14-22(33)15-13-21)38-27-11-7-6-10-26(27)35-30(34-23-16-18-25(40-2)19-17-23)32(38)36-31(28)39(37-20)24-8-4-3-5-9-24/h3-19,29H,1-2H3,(H,34,35)/t29-/m0/s1. The molecule has 0 spiro atoms. The molecule has 0 saturated heterocycles. The molecule has 40 heavy (non-hydrogen) atoms. The Labute approximate surface area is 240 Å². The van der Waals surface area contributed by atoms with Crippen molar-refractivity contribution in [3.63, 3.8) is 0 Å². The number of rotatable bonds is 4. The van der Waals surface area contributed by atoms with Crippen molar-refractivity contribution in [3.8, 4) is 11.4 Å². The zero-order chi connectivity index (χ0) is 27.2. The second-order valence-electron chi connectivity index (χ2n) is 9.63. The summed E-state index contributed by atoms with van der Waals surface area (Å²) in [6.07, 6.45) is 0. The number of amidine groups is 2. The van der Waals surface area contributed by atoms with Gasteiger partial charge in [-0.05, 0) is 73.2 Å². The Morgan fingerprint density at radius 1 is 0.825 bits per heavy atom. The third-order valence-electron chi connectivity index (χ3n) is 7.18. The molecule has 196 valence electrons. The van der Waals surface area contributed by atoms with E-state index in [9.17, 15) is 0 Å². The number of ether oxygens (including phenoxy) is 1. The minimum absolute atomic E-state index is 0.169. The van der Waals surface area contributed by atoms with Gasteiger partial charge in [0.15, 0.2) is 17.5 Å². The topological polar surface area (TPSA) is 67.0 Å². The molecule has 4 aromatic carbocycles. The van der Waals surface area contributed by atoms with Gasteiger partial charge in [0.25, 0.3) is 0 Å². The highest BCUT2D eigenvalue weighted by molar-refractivity contribution is 9.10. The summed E-state index contributed by atoms with van der Waals surface area (Å²) in [5.41, 5.74) is 6.84. The number of anilines is 2. The molecule has 7 rings (SSSR count). The van der Waals surface area contributed by atoms with E-state index in [0.717, 1.165) is 61.4 Å². The zero-order valence-electron chi connectivity index (χ0n) is 21.9. The molecule has 2 aliphatic rings. The monoisotopic (exact) mass is 588 g/mol. The van der Waals surface area contributed by atoms with E-state index in [0.29, 0.717) is 5.84 Å². The molecule has 0 radical (unpaired) electrons. The van der Waals surface area contributed by atoms with E-state index in [-0.39, 0.29) is 6.04 Å². The van der Waals surface area contributed by atoms with Crippen LogP contribution >= 0.6 is 15.9 Å². The number of nitrogens with zero attached hydrogens (tertiary/aromatic N) is 5. The number of aliphatic imine (C=N–C) groups is 2. The molecule has 0 amide bonds. The van der Waals surface area contributed by atoms with E-state index < -0.39 is 0 Å². The molecule has 1 atom stereocenters. The number of halogens is 1. The fourth-order valence-electron chi connectivity index (χ4n) is 5.32. The van der Waals surface area contributed by atoms with E-state index in [4.69, 9.17) is 19.8 Å². The molecule has 8 heteroatoms. The van der Waals surface area contributed by atoms with Crippen molar-refractivity contribution in [3.05, 3.63) is 124 Å². The van der Waals surface area contributed by atoms with E-state index >= 15 is 0 Å². The van der Waals surface area contributed by atoms with Crippen LogP contribution in [0.3, 0.4) is 0 Å². The van der Waals surface area contributed by atoms with Gasteiger partial charge in [-0.25, -0.2) is 14.7 Å². The number of benzene rings is 4. The molecule has 0 saturated carbocycles. The van der Waals surface area contributed by atoms with Gasteiger partial charge in [0.1, 0.15) is 5.75 Å². The Kier molecular flexibility index (Phi) is 5.97. The summed E-state index contributed by atoms with van der Waals surface area (Å²) in [5.74, 6) is 2.98. The molecule has 5 aromatic rings. The Morgan fingerprint density at radius 3 is 2.30 bits per heavy atom. The van der Waals surface area contributed by atoms with Crippen LogP contribution in [0.2, 0.25) is 0 Å². The lowest BCUT2D eigenvalue weighted by molar-refractivity contribution is 0.415. The fraction of sp³-hybridized carbons (Fsp3) is 0.0938. The van der Waals surface area contributed by atoms with Crippen molar-refractivity contribution in [1.29, 1.82) is 0 Å². The molecule has 7 nitrogen and oxygen atoms in total. The highest BCUT2D eigenvalue weighted by Crippen LogP contribution is 2.48. The van der Waals surface area contributed by atoms with Gasteiger partial charge in [-0.2, -0.15) is 5.10 Å². The number of hydrogen-bond donors (Lipinski definition) is 1. The lowest BCUT2D eigenvalue weighted by atomic mass is 9.93. The number of aromatic nitrogens is 2. The van der Waals surface area contributed by atoms with Gasteiger partial charge in [0.05, 0.1) is 35.9 Å². The smallest absolute Gasteiger partial charge is 0.179 e. The lowest BCUT2D eigenvalue weighted by Gasteiger charge is -2.40. The Balaban J connectivity index is 1.47. The van der Waals surface area contributed by atoms with Crippen molar-refractivity contribution in [2.75, 3.05) is 17.3 Å². The first-order chi connectivity index (χ1) is 19.6. The highest BCUT2D eigenvalue weighted by atomic mass is 79.9. The van der Waals surface area contributed by atoms with Crippen LogP contribution in [0, 0.1) is 6.92 Å². The lowest BCUT2D eigenvalue weighted by Crippen LogP contribution is -2.46. The van der Waals surface area contributed by atoms with Crippen molar-refractivity contribution < 1.29 is 4.74 Å². The molecule has 0 unspecified atom stereocenters. The summed E-state index contributed by atoms with van der Waals surface area (Å²) in [4.78, 5) is 12.6. The minimum atomic E-state index is -0.169. The van der Waals surface area contributed by atoms with Crippen LogP contribution in [0.5, 0.6) is 5.75 Å². The summed E-state index contributed by atoms with van der Waals surface area (Å²) in [6.45, 7) is 2.06. The molecule has 2 aliphatic heterocycles. The maximum absolute atomic E-state index is 5.36. The van der Waals surface area contributed by atoms with Gasteiger partial charge in [0.2, 0.25) is 0 Å². The van der Waals surface area contributed by atoms with Crippen LogP contribution in [-0.4, -0.2) is 28.6 Å². The predicted octanol–water partition coefficient (Wildman–Crippen LogP) is 7.75. The van der Waals surface area contributed by atoms with Crippen molar-refractivity contribution >= 4 is 50.5 Å². The Hall–Kier alpha value is -4.69. The predicted molar refractivity (Wildman–Crippen MR) is 164 cm³/mol. The third kappa shape index (κ3) is 4.08. The molecule has 1 aromatic heterocycles. The van der Waals surface area contributed by atoms with E-state index in [1.165, 1.54) is 0 Å². The van der Waals surface area contributed by atoms with Crippen molar-refractivity contribution in [1.82, 2.24) is 9.78 Å². The molecular formula is C32H25BrN6O. The molecule has 0 bridgehead atoms. The van der Waals surface area contributed by atoms with Crippen LogP contribution in [0.4, 0.5) is 22.9 Å². The number of aryl methyl sites for hydroxylation is 1. The minimum Gasteiger partial charge on any atom is -0.497 e. The summed E-state index contributed by atoms with van der Waals surface area (Å²) in [6, 6.07) is 34.5. The molecule has 0 aliphatic carbocycles. The molecule has 1 N–H and O–H groups in total. The first-order valence-corrected chi connectivity index (χ1v) is 13.8. The van der Waals surface area contributed by atoms with Gasteiger partial charge < -0.3 is 15.0 Å².